The molecule has 1 atom stereocenters. The lowest BCUT2D eigenvalue weighted by molar-refractivity contribution is -0.143. The molecule has 0 unspecified atom stereocenters. The maximum atomic E-state index is 13.2. The number of hydrogen-bond acceptors (Lipinski definition) is 3. The lowest BCUT2D eigenvalue weighted by Crippen LogP contribution is -2.42. The maximum absolute atomic E-state index is 13.2. The fourth-order valence-electron chi connectivity index (χ4n) is 1.04. The number of aromatic hydroxyl groups is 1. The zero-order valence-corrected chi connectivity index (χ0v) is 7.49. The van der Waals surface area contributed by atoms with Gasteiger partial charge in [0, 0.05) is 11.6 Å². The summed E-state index contributed by atoms with van der Waals surface area (Å²) < 4.78 is 13.2. The van der Waals surface area contributed by atoms with Crippen molar-refractivity contribution in [3.8, 4) is 5.75 Å². The van der Waals surface area contributed by atoms with Crippen LogP contribution in [0.1, 0.15) is 12.5 Å². The number of carboxylic acid groups (broad SMARTS) is 1. The molecule has 0 spiro atoms. The van der Waals surface area contributed by atoms with Crippen LogP contribution in [0.4, 0.5) is 4.39 Å². The van der Waals surface area contributed by atoms with Gasteiger partial charge < -0.3 is 15.9 Å². The van der Waals surface area contributed by atoms with E-state index in [2.05, 4.69) is 0 Å². The van der Waals surface area contributed by atoms with Crippen LogP contribution in [-0.2, 0) is 10.3 Å². The van der Waals surface area contributed by atoms with E-state index in [0.717, 1.165) is 12.1 Å². The van der Waals surface area contributed by atoms with Gasteiger partial charge in [-0.1, -0.05) is 0 Å². The summed E-state index contributed by atoms with van der Waals surface area (Å²) in [5.41, 5.74) is 3.45. The van der Waals surface area contributed by atoms with Crippen molar-refractivity contribution in [3.05, 3.63) is 29.6 Å². The molecular formula is C9H10FNO3. The van der Waals surface area contributed by atoms with Crippen LogP contribution >= 0.6 is 0 Å². The van der Waals surface area contributed by atoms with Crippen LogP contribution in [0.3, 0.4) is 0 Å². The second-order valence-electron chi connectivity index (χ2n) is 3.17. The first-order valence-corrected chi connectivity index (χ1v) is 3.87. The molecule has 0 amide bonds. The summed E-state index contributed by atoms with van der Waals surface area (Å²) in [5.74, 6) is -2.44. The normalized spacial score (nSPS) is 14.8. The maximum Gasteiger partial charge on any atom is 0.328 e. The quantitative estimate of drug-likeness (QED) is 0.657. The molecule has 14 heavy (non-hydrogen) atoms. The number of aliphatic carboxylic acids is 1. The minimum atomic E-state index is -1.79. The molecule has 1 aromatic carbocycles. The van der Waals surface area contributed by atoms with Crippen LogP contribution in [0.25, 0.3) is 0 Å². The Hall–Kier alpha value is -1.62. The molecule has 1 aromatic rings. The van der Waals surface area contributed by atoms with Gasteiger partial charge in [-0.25, -0.2) is 9.18 Å². The Kier molecular flexibility index (Phi) is 2.44. The van der Waals surface area contributed by atoms with Crippen LogP contribution in [0.15, 0.2) is 18.2 Å². The number of nitrogens with two attached hydrogens (primary N) is 1. The number of phenolic OH excluding ortho intramolecular Hbond substituents is 1. The monoisotopic (exact) mass is 199 g/mol. The van der Waals surface area contributed by atoms with E-state index in [0.29, 0.717) is 0 Å². The average Bonchev–Trinajstić information content (AvgIpc) is 2.02. The average molecular weight is 199 g/mol. The Balaban J connectivity index is 3.26. The van der Waals surface area contributed by atoms with Crippen molar-refractivity contribution in [1.29, 1.82) is 0 Å². The number of benzene rings is 1. The second kappa shape index (κ2) is 3.26. The minimum absolute atomic E-state index is 0.164. The number of carboxylic acids is 1. The van der Waals surface area contributed by atoms with Crippen molar-refractivity contribution in [1.82, 2.24) is 0 Å². The molecule has 4 N–H and O–H groups in total. The van der Waals surface area contributed by atoms with E-state index in [1.165, 1.54) is 13.0 Å². The molecule has 0 saturated carbocycles. The Bertz CT molecular complexity index is 376. The van der Waals surface area contributed by atoms with E-state index in [9.17, 15) is 9.18 Å². The molecule has 1 rings (SSSR count). The van der Waals surface area contributed by atoms with Crippen LogP contribution < -0.4 is 5.73 Å². The molecule has 0 heterocycles. The molecular weight excluding hydrogens is 189 g/mol. The Labute approximate surface area is 79.8 Å². The van der Waals surface area contributed by atoms with E-state index >= 15 is 0 Å². The van der Waals surface area contributed by atoms with Gasteiger partial charge in [-0.05, 0) is 19.1 Å². The molecule has 0 aliphatic carbocycles. The van der Waals surface area contributed by atoms with Crippen LogP contribution in [0.2, 0.25) is 0 Å². The fraction of sp³-hybridized carbons (Fsp3) is 0.222. The van der Waals surface area contributed by atoms with Crippen molar-refractivity contribution in [2.75, 3.05) is 0 Å². The predicted octanol–water partition coefficient (Wildman–Crippen LogP) is 0.790. The summed E-state index contributed by atoms with van der Waals surface area (Å²) in [6.45, 7) is 1.19. The zero-order chi connectivity index (χ0) is 10.9. The van der Waals surface area contributed by atoms with Gasteiger partial charge in [-0.3, -0.25) is 0 Å². The Morgan fingerprint density at radius 2 is 2.14 bits per heavy atom. The standard InChI is InChI=1S/C9H10FNO3/c1-9(11,8(13)14)6-3-2-5(12)4-7(6)10/h2-4,12H,11H2,1H3,(H,13,14)/t9-/m1/s1. The van der Waals surface area contributed by atoms with Gasteiger partial charge in [0.25, 0.3) is 0 Å². The number of phenols is 1. The highest BCUT2D eigenvalue weighted by molar-refractivity contribution is 5.80. The number of halogens is 1. The molecule has 0 aliphatic heterocycles. The lowest BCUT2D eigenvalue weighted by atomic mass is 9.93. The third kappa shape index (κ3) is 1.67. The summed E-state index contributed by atoms with van der Waals surface area (Å²) in [6.07, 6.45) is 0. The van der Waals surface area contributed by atoms with Crippen molar-refractivity contribution >= 4 is 5.97 Å². The SMILES string of the molecule is C[C@](N)(C(=O)O)c1ccc(O)cc1F. The van der Waals surface area contributed by atoms with Gasteiger partial charge in [0.1, 0.15) is 17.1 Å². The predicted molar refractivity (Wildman–Crippen MR) is 47.2 cm³/mol. The first kappa shape index (κ1) is 10.5. The molecule has 0 aromatic heterocycles. The van der Waals surface area contributed by atoms with Crippen LogP contribution in [0.5, 0.6) is 5.75 Å². The number of hydrogen-bond donors (Lipinski definition) is 3. The summed E-state index contributed by atoms with van der Waals surface area (Å²) in [7, 11) is 0. The highest BCUT2D eigenvalue weighted by Gasteiger charge is 2.32. The van der Waals surface area contributed by atoms with Gasteiger partial charge in [0.15, 0.2) is 0 Å². The van der Waals surface area contributed by atoms with E-state index in [-0.39, 0.29) is 11.3 Å². The van der Waals surface area contributed by atoms with E-state index < -0.39 is 17.3 Å². The van der Waals surface area contributed by atoms with Gasteiger partial charge in [0.2, 0.25) is 0 Å². The number of carbonyl (C=O) groups is 1. The van der Waals surface area contributed by atoms with Crippen LogP contribution in [0, 0.1) is 5.82 Å². The fourth-order valence-corrected chi connectivity index (χ4v) is 1.04. The Morgan fingerprint density at radius 1 is 1.57 bits per heavy atom. The smallest absolute Gasteiger partial charge is 0.328 e. The second-order valence-corrected chi connectivity index (χ2v) is 3.17. The molecule has 5 heteroatoms. The summed E-state index contributed by atoms with van der Waals surface area (Å²) >= 11 is 0. The topological polar surface area (TPSA) is 83.6 Å². The lowest BCUT2D eigenvalue weighted by Gasteiger charge is -2.20. The van der Waals surface area contributed by atoms with E-state index in [1.54, 1.807) is 0 Å². The molecule has 0 fully saturated rings. The first-order valence-electron chi connectivity index (χ1n) is 3.87. The summed E-state index contributed by atoms with van der Waals surface area (Å²) in [5, 5.41) is 17.6. The third-order valence-electron chi connectivity index (χ3n) is 1.96. The highest BCUT2D eigenvalue weighted by atomic mass is 19.1. The molecule has 0 bridgehead atoms. The van der Waals surface area contributed by atoms with Crippen LogP contribution in [-0.4, -0.2) is 16.2 Å². The van der Waals surface area contributed by atoms with Crippen molar-refractivity contribution < 1.29 is 19.4 Å². The van der Waals surface area contributed by atoms with Crippen molar-refractivity contribution in [3.63, 3.8) is 0 Å². The molecule has 4 nitrogen and oxygen atoms in total. The molecule has 0 radical (unpaired) electrons. The van der Waals surface area contributed by atoms with E-state index in [1.807, 2.05) is 0 Å². The molecule has 0 aliphatic rings. The largest absolute Gasteiger partial charge is 0.508 e. The zero-order valence-electron chi connectivity index (χ0n) is 7.49. The van der Waals surface area contributed by atoms with Gasteiger partial charge in [0.05, 0.1) is 0 Å². The number of rotatable bonds is 2. The molecule has 76 valence electrons. The summed E-state index contributed by atoms with van der Waals surface area (Å²) in [4.78, 5) is 10.7. The van der Waals surface area contributed by atoms with Crippen molar-refractivity contribution in [2.45, 2.75) is 12.5 Å². The molecule has 0 saturated heterocycles. The minimum Gasteiger partial charge on any atom is -0.508 e. The van der Waals surface area contributed by atoms with E-state index in [4.69, 9.17) is 15.9 Å². The van der Waals surface area contributed by atoms with Crippen molar-refractivity contribution in [2.24, 2.45) is 5.73 Å². The van der Waals surface area contributed by atoms with Gasteiger partial charge in [-0.15, -0.1) is 0 Å². The van der Waals surface area contributed by atoms with Gasteiger partial charge in [-0.2, -0.15) is 0 Å². The summed E-state index contributed by atoms with van der Waals surface area (Å²) in [6, 6.07) is 3.16. The third-order valence-corrected chi connectivity index (χ3v) is 1.96. The van der Waals surface area contributed by atoms with Gasteiger partial charge >= 0.3 is 5.97 Å². The Morgan fingerprint density at radius 3 is 2.57 bits per heavy atom. The first-order chi connectivity index (χ1) is 6.35. The highest BCUT2D eigenvalue weighted by Crippen LogP contribution is 2.24.